The van der Waals surface area contributed by atoms with E-state index in [1.807, 2.05) is 31.2 Å². The molecule has 0 spiro atoms. The molecule has 0 atom stereocenters. The van der Waals surface area contributed by atoms with Crippen molar-refractivity contribution in [3.63, 3.8) is 0 Å². The van der Waals surface area contributed by atoms with E-state index in [1.54, 1.807) is 35.6 Å². The molecule has 0 saturated heterocycles. The molecule has 2 aromatic rings. The fourth-order valence-corrected chi connectivity index (χ4v) is 4.38. The van der Waals surface area contributed by atoms with Gasteiger partial charge in [-0.05, 0) is 49.6 Å². The van der Waals surface area contributed by atoms with E-state index in [-0.39, 0.29) is 11.9 Å². The Labute approximate surface area is 148 Å². The Hall–Kier alpha value is -2.18. The van der Waals surface area contributed by atoms with Crippen LogP contribution in [0.3, 0.4) is 0 Å². The average Bonchev–Trinajstić information content (AvgIpc) is 3.44. The van der Waals surface area contributed by atoms with Gasteiger partial charge in [-0.15, -0.1) is 0 Å². The van der Waals surface area contributed by atoms with Crippen LogP contribution in [0.2, 0.25) is 0 Å². The number of carbonyl (C=O) groups is 1. The number of nitrogens with zero attached hydrogens (tertiary/aromatic N) is 1. The largest absolute Gasteiger partial charge is 0.355 e. The molecule has 2 aromatic carbocycles. The van der Waals surface area contributed by atoms with Crippen LogP contribution >= 0.6 is 0 Å². The van der Waals surface area contributed by atoms with E-state index in [0.29, 0.717) is 17.0 Å². The van der Waals surface area contributed by atoms with Gasteiger partial charge in [-0.25, -0.2) is 8.42 Å². The minimum atomic E-state index is -3.53. The summed E-state index contributed by atoms with van der Waals surface area (Å²) in [6.07, 6.45) is 1.78. The normalized spacial score (nSPS) is 14.5. The highest BCUT2D eigenvalue weighted by Crippen LogP contribution is 2.33. The Morgan fingerprint density at radius 3 is 2.20 bits per heavy atom. The maximum atomic E-state index is 13.0. The third-order valence-corrected chi connectivity index (χ3v) is 6.28. The highest BCUT2D eigenvalue weighted by molar-refractivity contribution is 7.89. The summed E-state index contributed by atoms with van der Waals surface area (Å²) in [7, 11) is -1.95. The topological polar surface area (TPSA) is 66.5 Å². The molecular weight excluding hydrogens is 336 g/mol. The molecule has 25 heavy (non-hydrogen) atoms. The molecule has 1 fully saturated rings. The molecule has 132 valence electrons. The average molecular weight is 358 g/mol. The van der Waals surface area contributed by atoms with E-state index in [4.69, 9.17) is 0 Å². The number of amides is 1. The third-order valence-electron chi connectivity index (χ3n) is 4.36. The standard InChI is InChI=1S/C19H22N2O3S/c1-14-3-11-18(12-4-14)25(23,24)21(17-9-10-17)13-15-5-7-16(8-6-15)19(22)20-2/h3-8,11-12,17H,9-10,13H2,1-2H3,(H,20,22). The van der Waals surface area contributed by atoms with Crippen molar-refractivity contribution in [2.75, 3.05) is 7.05 Å². The van der Waals surface area contributed by atoms with Gasteiger partial charge in [-0.1, -0.05) is 29.8 Å². The van der Waals surface area contributed by atoms with Crippen molar-refractivity contribution >= 4 is 15.9 Å². The summed E-state index contributed by atoms with van der Waals surface area (Å²) in [5.74, 6) is -0.155. The Morgan fingerprint density at radius 1 is 1.08 bits per heavy atom. The van der Waals surface area contributed by atoms with Crippen LogP contribution in [0.1, 0.15) is 34.3 Å². The van der Waals surface area contributed by atoms with Gasteiger partial charge in [0.15, 0.2) is 0 Å². The van der Waals surface area contributed by atoms with Crippen LogP contribution in [-0.2, 0) is 16.6 Å². The van der Waals surface area contributed by atoms with Gasteiger partial charge in [0.05, 0.1) is 4.90 Å². The smallest absolute Gasteiger partial charge is 0.251 e. The quantitative estimate of drug-likeness (QED) is 0.863. The van der Waals surface area contributed by atoms with Gasteiger partial charge in [-0.2, -0.15) is 4.31 Å². The van der Waals surface area contributed by atoms with E-state index >= 15 is 0 Å². The van der Waals surface area contributed by atoms with E-state index in [0.717, 1.165) is 24.0 Å². The van der Waals surface area contributed by atoms with Crippen LogP contribution in [-0.4, -0.2) is 31.7 Å². The highest BCUT2D eigenvalue weighted by Gasteiger charge is 2.38. The first-order valence-electron chi connectivity index (χ1n) is 8.31. The van der Waals surface area contributed by atoms with Gasteiger partial charge in [0.2, 0.25) is 10.0 Å². The van der Waals surface area contributed by atoms with Gasteiger partial charge >= 0.3 is 0 Å². The van der Waals surface area contributed by atoms with Crippen LogP contribution < -0.4 is 5.32 Å². The van der Waals surface area contributed by atoms with Crippen LogP contribution in [0.4, 0.5) is 0 Å². The molecule has 0 radical (unpaired) electrons. The van der Waals surface area contributed by atoms with E-state index in [1.165, 1.54) is 0 Å². The summed E-state index contributed by atoms with van der Waals surface area (Å²) < 4.78 is 27.6. The van der Waals surface area contributed by atoms with Gasteiger partial charge in [0.25, 0.3) is 5.91 Å². The van der Waals surface area contributed by atoms with Crippen molar-refractivity contribution in [2.45, 2.75) is 37.2 Å². The zero-order valence-electron chi connectivity index (χ0n) is 14.4. The van der Waals surface area contributed by atoms with Crippen LogP contribution in [0.15, 0.2) is 53.4 Å². The molecule has 1 amide bonds. The maximum Gasteiger partial charge on any atom is 0.251 e. The Morgan fingerprint density at radius 2 is 1.68 bits per heavy atom. The number of hydrogen-bond acceptors (Lipinski definition) is 3. The molecule has 1 aliphatic carbocycles. The van der Waals surface area contributed by atoms with Gasteiger partial charge in [-0.3, -0.25) is 4.79 Å². The lowest BCUT2D eigenvalue weighted by atomic mass is 10.1. The summed E-state index contributed by atoms with van der Waals surface area (Å²) in [5.41, 5.74) is 2.46. The molecule has 0 aromatic heterocycles. The third kappa shape index (κ3) is 3.91. The van der Waals surface area contributed by atoms with E-state index in [9.17, 15) is 13.2 Å². The monoisotopic (exact) mass is 358 g/mol. The number of carbonyl (C=O) groups excluding carboxylic acids is 1. The summed E-state index contributed by atoms with van der Waals surface area (Å²) in [4.78, 5) is 11.9. The van der Waals surface area contributed by atoms with Crippen molar-refractivity contribution in [2.24, 2.45) is 0 Å². The lowest BCUT2D eigenvalue weighted by molar-refractivity contribution is 0.0963. The SMILES string of the molecule is CNC(=O)c1ccc(CN(C2CC2)S(=O)(=O)c2ccc(C)cc2)cc1. The van der Waals surface area contributed by atoms with Crippen molar-refractivity contribution in [3.05, 3.63) is 65.2 Å². The Balaban J connectivity index is 1.84. The van der Waals surface area contributed by atoms with Crippen molar-refractivity contribution in [3.8, 4) is 0 Å². The molecule has 0 unspecified atom stereocenters. The minimum Gasteiger partial charge on any atom is -0.355 e. The molecule has 1 aliphatic rings. The second kappa shape index (κ2) is 6.98. The summed E-state index contributed by atoms with van der Waals surface area (Å²) in [6.45, 7) is 2.25. The summed E-state index contributed by atoms with van der Waals surface area (Å²) >= 11 is 0. The van der Waals surface area contributed by atoms with Gasteiger partial charge in [0.1, 0.15) is 0 Å². The van der Waals surface area contributed by atoms with E-state index < -0.39 is 10.0 Å². The first-order chi connectivity index (χ1) is 11.9. The van der Waals surface area contributed by atoms with Gasteiger partial charge < -0.3 is 5.32 Å². The first-order valence-corrected chi connectivity index (χ1v) is 9.75. The molecule has 0 heterocycles. The molecule has 3 rings (SSSR count). The van der Waals surface area contributed by atoms with Crippen molar-refractivity contribution in [1.29, 1.82) is 0 Å². The minimum absolute atomic E-state index is 0.0601. The number of hydrogen-bond donors (Lipinski definition) is 1. The highest BCUT2D eigenvalue weighted by atomic mass is 32.2. The zero-order valence-corrected chi connectivity index (χ0v) is 15.2. The van der Waals surface area contributed by atoms with Crippen LogP contribution in [0.5, 0.6) is 0 Å². The van der Waals surface area contributed by atoms with E-state index in [2.05, 4.69) is 5.32 Å². The fourth-order valence-electron chi connectivity index (χ4n) is 2.70. The van der Waals surface area contributed by atoms with Crippen molar-refractivity contribution < 1.29 is 13.2 Å². The molecular formula is C19H22N2O3S. The first kappa shape index (κ1) is 17.6. The summed E-state index contributed by atoms with van der Waals surface area (Å²) in [5, 5.41) is 2.57. The molecule has 1 N–H and O–H groups in total. The fraction of sp³-hybridized carbons (Fsp3) is 0.316. The molecule has 5 nitrogen and oxygen atoms in total. The zero-order chi connectivity index (χ0) is 18.0. The maximum absolute atomic E-state index is 13.0. The number of rotatable bonds is 6. The Bertz CT molecular complexity index is 855. The molecule has 1 saturated carbocycles. The second-order valence-electron chi connectivity index (χ2n) is 6.37. The van der Waals surface area contributed by atoms with Gasteiger partial charge in [0, 0.05) is 25.2 Å². The van der Waals surface area contributed by atoms with Crippen LogP contribution in [0, 0.1) is 6.92 Å². The molecule has 0 bridgehead atoms. The summed E-state index contributed by atoms with van der Waals surface area (Å²) in [6, 6.07) is 14.1. The number of sulfonamides is 1. The number of aryl methyl sites for hydroxylation is 1. The predicted octanol–water partition coefficient (Wildman–Crippen LogP) is 2.71. The molecule has 6 heteroatoms. The lowest BCUT2D eigenvalue weighted by Gasteiger charge is -2.22. The van der Waals surface area contributed by atoms with Crippen LogP contribution in [0.25, 0.3) is 0 Å². The van der Waals surface area contributed by atoms with Crippen molar-refractivity contribution in [1.82, 2.24) is 9.62 Å². The second-order valence-corrected chi connectivity index (χ2v) is 8.26. The number of nitrogens with one attached hydrogen (secondary N) is 1. The number of benzene rings is 2. The predicted molar refractivity (Wildman–Crippen MR) is 96.8 cm³/mol. The lowest BCUT2D eigenvalue weighted by Crippen LogP contribution is -2.32. The Kier molecular flexibility index (Phi) is 4.92. The molecule has 0 aliphatic heterocycles.